The zero-order valence-electron chi connectivity index (χ0n) is 30.1. The molecule has 0 aliphatic carbocycles. The summed E-state index contributed by atoms with van der Waals surface area (Å²) in [6.45, 7) is 1.03. The molecule has 0 radical (unpaired) electrons. The van der Waals surface area contributed by atoms with E-state index in [1.807, 2.05) is 0 Å². The predicted octanol–water partition coefficient (Wildman–Crippen LogP) is 4.75. The average molecular weight is 697 g/mol. The Kier molecular flexibility index (Phi) is 34.5. The Morgan fingerprint density at radius 2 is 0.941 bits per heavy atom. The number of carbonyl (C=O) groups is 2. The van der Waals surface area contributed by atoms with Crippen molar-refractivity contribution in [1.29, 1.82) is 0 Å². The van der Waals surface area contributed by atoms with Crippen molar-refractivity contribution in [2.45, 2.75) is 122 Å². The van der Waals surface area contributed by atoms with Gasteiger partial charge in [-0.3, -0.25) is 0 Å². The van der Waals surface area contributed by atoms with Crippen LogP contribution in [0.4, 0.5) is 0 Å². The smallest absolute Gasteiger partial charge is 0.332 e. The Morgan fingerprint density at radius 1 is 0.529 bits per heavy atom. The summed E-state index contributed by atoms with van der Waals surface area (Å²) in [7, 11) is 0. The minimum absolute atomic E-state index is 0.0113. The van der Waals surface area contributed by atoms with Crippen molar-refractivity contribution in [3.8, 4) is 95.2 Å². The maximum absolute atomic E-state index is 12.0. The maximum Gasteiger partial charge on any atom is 0.332 e. The van der Waals surface area contributed by atoms with Gasteiger partial charge in [0.15, 0.2) is 0 Å². The van der Waals surface area contributed by atoms with E-state index in [1.54, 1.807) is 0 Å². The third kappa shape index (κ3) is 34.9. The lowest BCUT2D eigenvalue weighted by Gasteiger charge is -2.15. The van der Waals surface area contributed by atoms with Crippen LogP contribution in [0.2, 0.25) is 0 Å². The number of aliphatic hydroxyl groups excluding tert-OH is 2. The molecule has 51 heavy (non-hydrogen) atoms. The average Bonchev–Trinajstić information content (AvgIpc) is 3.14. The van der Waals surface area contributed by atoms with E-state index in [0.717, 1.165) is 12.8 Å². The molecule has 0 aromatic heterocycles. The monoisotopic (exact) mass is 696 g/mol. The van der Waals surface area contributed by atoms with Gasteiger partial charge in [-0.1, -0.05) is 103 Å². The molecule has 0 fully saturated rings. The number of esters is 2. The van der Waals surface area contributed by atoms with Gasteiger partial charge in [0.05, 0.1) is 32.5 Å². The first-order valence-corrected chi connectivity index (χ1v) is 17.8. The second-order valence-electron chi connectivity index (χ2n) is 11.2. The van der Waals surface area contributed by atoms with Crippen LogP contribution in [0, 0.1) is 95.2 Å². The molecule has 0 spiro atoms. The van der Waals surface area contributed by atoms with E-state index in [4.69, 9.17) is 25.4 Å². The Labute approximate surface area is 306 Å². The highest BCUT2D eigenvalue weighted by Gasteiger charge is 2.12. The Hall–Kier alpha value is -4.74. The third-order valence-electron chi connectivity index (χ3n) is 6.96. The van der Waals surface area contributed by atoms with Gasteiger partial charge in [0.1, 0.15) is 19.3 Å². The van der Waals surface area contributed by atoms with Crippen LogP contribution in [0.25, 0.3) is 0 Å². The predicted molar refractivity (Wildman–Crippen MR) is 198 cm³/mol. The highest BCUT2D eigenvalue weighted by molar-refractivity contribution is 5.71. The van der Waals surface area contributed by atoms with Gasteiger partial charge >= 0.3 is 11.9 Å². The summed E-state index contributed by atoms with van der Waals surface area (Å²) in [6.07, 6.45) is 22.5. The molecule has 0 saturated heterocycles. The molecule has 0 bridgehead atoms. The number of aliphatic hydroxyl groups is 2. The lowest BCUT2D eigenvalue weighted by molar-refractivity contribution is -0.154. The molecule has 0 aliphatic rings. The Bertz CT molecular complexity index is 1460. The van der Waals surface area contributed by atoms with E-state index in [2.05, 4.69) is 95.7 Å². The van der Waals surface area contributed by atoms with Gasteiger partial charge in [-0.2, -0.15) is 0 Å². The molecule has 272 valence electrons. The molecule has 2 atom stereocenters. The molecule has 8 nitrogen and oxygen atoms in total. The topological polar surface area (TPSA) is 112 Å². The van der Waals surface area contributed by atoms with Crippen molar-refractivity contribution in [3.63, 3.8) is 0 Å². The van der Waals surface area contributed by atoms with Crippen LogP contribution in [-0.2, 0) is 28.5 Å². The summed E-state index contributed by atoms with van der Waals surface area (Å²) in [5, 5.41) is 19.0. The number of terminal acetylenes is 1. The standard InChI is InChI=1S/C43H52O8/c1-3-5-7-9-11-13-15-17-19-21-23-25-27-29-32-40(36-44)50-38-42(46)48-34-31-35-49-43(47)39-51-41(37-45)33-30-28-26-24-22-20-18-16-14-12-10-8-6-4-2/h1,40-41,44-45H,4,6,8,10,12,14,16,18,20,22,24,26,28,30-31,33-39H2,2H3. The quantitative estimate of drug-likeness (QED) is 0.0720. The van der Waals surface area contributed by atoms with Gasteiger partial charge in [-0.15, -0.1) is 6.42 Å². The van der Waals surface area contributed by atoms with Gasteiger partial charge in [0.2, 0.25) is 0 Å². The second kappa shape index (κ2) is 38.1. The molecule has 8 heteroatoms. The van der Waals surface area contributed by atoms with Crippen molar-refractivity contribution >= 4 is 11.9 Å². The van der Waals surface area contributed by atoms with E-state index in [0.29, 0.717) is 6.42 Å². The van der Waals surface area contributed by atoms with Gasteiger partial charge in [-0.05, 0) is 89.3 Å². The summed E-state index contributed by atoms with van der Waals surface area (Å²) < 4.78 is 20.9. The van der Waals surface area contributed by atoms with Crippen molar-refractivity contribution < 1.29 is 38.7 Å². The maximum atomic E-state index is 12.0. The lowest BCUT2D eigenvalue weighted by atomic mass is 10.0. The summed E-state index contributed by atoms with van der Waals surface area (Å²) in [6, 6.07) is 0. The highest BCUT2D eigenvalue weighted by atomic mass is 16.6. The van der Waals surface area contributed by atoms with E-state index in [-0.39, 0.29) is 32.8 Å². The first-order valence-electron chi connectivity index (χ1n) is 17.8. The van der Waals surface area contributed by atoms with Gasteiger partial charge in [-0.25, -0.2) is 9.59 Å². The third-order valence-corrected chi connectivity index (χ3v) is 6.96. The van der Waals surface area contributed by atoms with Gasteiger partial charge < -0.3 is 29.2 Å². The van der Waals surface area contributed by atoms with Gasteiger partial charge in [0.25, 0.3) is 0 Å². The summed E-state index contributed by atoms with van der Waals surface area (Å²) in [4.78, 5) is 23.9. The molecule has 0 amide bonds. The molecule has 0 aromatic carbocycles. The molecule has 0 aromatic rings. The number of carbonyl (C=O) groups excluding carboxylic acids is 2. The zero-order chi connectivity index (χ0) is 37.3. The fourth-order valence-corrected chi connectivity index (χ4v) is 4.30. The van der Waals surface area contributed by atoms with Crippen LogP contribution in [0.3, 0.4) is 0 Å². The molecular weight excluding hydrogens is 644 g/mol. The Morgan fingerprint density at radius 3 is 1.37 bits per heavy atom. The SMILES string of the molecule is C#CC#CC#CC#CC#CC#CC#CC#CC(CO)OCC(=O)OCCCOC(=O)COC(CO)CCCCCCCCCCCCCCCC. The van der Waals surface area contributed by atoms with Crippen molar-refractivity contribution in [3.05, 3.63) is 0 Å². The van der Waals surface area contributed by atoms with Crippen LogP contribution in [0.5, 0.6) is 0 Å². The van der Waals surface area contributed by atoms with Crippen LogP contribution in [0.1, 0.15) is 110 Å². The molecular formula is C43H52O8. The minimum Gasteiger partial charge on any atom is -0.464 e. The lowest BCUT2D eigenvalue weighted by Crippen LogP contribution is -2.24. The zero-order valence-corrected chi connectivity index (χ0v) is 30.1. The highest BCUT2D eigenvalue weighted by Crippen LogP contribution is 2.14. The number of hydrogen-bond donors (Lipinski definition) is 2. The number of ether oxygens (including phenoxy) is 4. The first-order chi connectivity index (χ1) is 25.1. The van der Waals surface area contributed by atoms with Crippen molar-refractivity contribution in [2.24, 2.45) is 0 Å². The summed E-state index contributed by atoms with van der Waals surface area (Å²) in [5.41, 5.74) is 0. The van der Waals surface area contributed by atoms with Crippen LogP contribution in [-0.4, -0.2) is 74.0 Å². The first kappa shape index (κ1) is 46.3. The number of hydrogen-bond acceptors (Lipinski definition) is 8. The molecule has 0 aliphatic heterocycles. The van der Waals surface area contributed by atoms with E-state index >= 15 is 0 Å². The summed E-state index contributed by atoms with van der Waals surface area (Å²) in [5.74, 6) is 35.3. The fraction of sp³-hybridized carbons (Fsp3) is 0.581. The normalized spacial score (nSPS) is 10.2. The minimum atomic E-state index is -0.945. The summed E-state index contributed by atoms with van der Waals surface area (Å²) >= 11 is 0. The fourth-order valence-electron chi connectivity index (χ4n) is 4.30. The second-order valence-corrected chi connectivity index (χ2v) is 11.2. The molecule has 0 heterocycles. The molecule has 2 N–H and O–H groups in total. The van der Waals surface area contributed by atoms with Crippen molar-refractivity contribution in [1.82, 2.24) is 0 Å². The van der Waals surface area contributed by atoms with Gasteiger partial charge in [0, 0.05) is 6.42 Å². The van der Waals surface area contributed by atoms with E-state index in [1.165, 1.54) is 77.0 Å². The Balaban J connectivity index is 3.95. The van der Waals surface area contributed by atoms with E-state index in [9.17, 15) is 19.8 Å². The van der Waals surface area contributed by atoms with Crippen LogP contribution in [0.15, 0.2) is 0 Å². The van der Waals surface area contributed by atoms with E-state index < -0.39 is 37.4 Å². The largest absolute Gasteiger partial charge is 0.464 e. The molecule has 0 rings (SSSR count). The van der Waals surface area contributed by atoms with Crippen LogP contribution >= 0.6 is 0 Å². The van der Waals surface area contributed by atoms with Crippen molar-refractivity contribution in [2.75, 3.05) is 39.6 Å². The number of unbranched alkanes of at least 4 members (excludes halogenated alkanes) is 13. The number of rotatable bonds is 27. The van der Waals surface area contributed by atoms with Crippen LogP contribution < -0.4 is 0 Å². The molecule has 2 unspecified atom stereocenters. The molecule has 0 saturated carbocycles.